The molecule has 2 aromatic rings. The number of carbonyl (C=O) groups excluding carboxylic acids is 2. The zero-order valence-electron chi connectivity index (χ0n) is 16.7. The zero-order chi connectivity index (χ0) is 22.6. The van der Waals surface area contributed by atoms with Gasteiger partial charge in [0.05, 0.1) is 12.2 Å². The number of hydrogen-bond donors (Lipinski definition) is 3. The molecule has 2 amide bonds. The lowest BCUT2D eigenvalue weighted by Crippen LogP contribution is -2.42. The van der Waals surface area contributed by atoms with Crippen LogP contribution in [-0.4, -0.2) is 36.9 Å². The summed E-state index contributed by atoms with van der Waals surface area (Å²) in [4.78, 5) is 30.3. The van der Waals surface area contributed by atoms with Crippen LogP contribution in [-0.2, 0) is 9.59 Å². The van der Waals surface area contributed by atoms with Crippen molar-refractivity contribution in [2.75, 3.05) is 13.6 Å². The monoisotopic (exact) mass is 454 g/mol. The number of halogens is 3. The molecular formula is C20H21F3N4O3S. The highest BCUT2D eigenvalue weighted by Crippen LogP contribution is 2.66. The van der Waals surface area contributed by atoms with Crippen LogP contribution < -0.4 is 20.1 Å². The third kappa shape index (κ3) is 4.83. The summed E-state index contributed by atoms with van der Waals surface area (Å²) in [5, 5.41) is 5.65. The molecule has 11 heteroatoms. The van der Waals surface area contributed by atoms with E-state index in [2.05, 4.69) is 25.1 Å². The fourth-order valence-corrected chi connectivity index (χ4v) is 6.23. The molecule has 166 valence electrons. The van der Waals surface area contributed by atoms with Crippen molar-refractivity contribution in [2.24, 2.45) is 4.99 Å². The average molecular weight is 454 g/mol. The van der Waals surface area contributed by atoms with Crippen molar-refractivity contribution in [3.63, 3.8) is 0 Å². The Balaban J connectivity index is 2.22. The van der Waals surface area contributed by atoms with E-state index in [0.29, 0.717) is 15.5 Å². The molecule has 31 heavy (non-hydrogen) atoms. The predicted molar refractivity (Wildman–Crippen MR) is 111 cm³/mol. The Hall–Kier alpha value is -3.05. The lowest BCUT2D eigenvalue weighted by atomic mass is 10.3. The topological polar surface area (TPSA) is 91.8 Å². The van der Waals surface area contributed by atoms with Gasteiger partial charge < -0.3 is 20.1 Å². The second-order valence-corrected chi connectivity index (χ2v) is 9.20. The van der Waals surface area contributed by atoms with E-state index in [4.69, 9.17) is 0 Å². The Morgan fingerprint density at radius 3 is 2.42 bits per heavy atom. The number of amides is 2. The van der Waals surface area contributed by atoms with Crippen LogP contribution in [0.4, 0.5) is 18.9 Å². The number of benzene rings is 2. The summed E-state index contributed by atoms with van der Waals surface area (Å²) in [6.07, 6.45) is -4.72. The van der Waals surface area contributed by atoms with Crippen LogP contribution in [0.25, 0.3) is 0 Å². The first-order valence-corrected chi connectivity index (χ1v) is 10.9. The second kappa shape index (κ2) is 8.98. The molecule has 0 radical (unpaired) electrons. The van der Waals surface area contributed by atoms with Gasteiger partial charge in [-0.05, 0) is 47.6 Å². The minimum Gasteiger partial charge on any atom is -0.406 e. The van der Waals surface area contributed by atoms with Gasteiger partial charge in [-0.25, -0.2) is 4.99 Å². The van der Waals surface area contributed by atoms with Gasteiger partial charge in [0, 0.05) is 16.2 Å². The van der Waals surface area contributed by atoms with E-state index in [9.17, 15) is 22.8 Å². The predicted octanol–water partition coefficient (Wildman–Crippen LogP) is 3.59. The van der Waals surface area contributed by atoms with Crippen LogP contribution in [0.2, 0.25) is 0 Å². The maximum Gasteiger partial charge on any atom is 0.573 e. The molecule has 3 rings (SSSR count). The second-order valence-electron chi connectivity index (χ2n) is 6.48. The molecule has 0 aromatic heterocycles. The number of amidine groups is 1. The molecule has 0 spiro atoms. The summed E-state index contributed by atoms with van der Waals surface area (Å²) < 4.78 is 45.5. The fraction of sp³-hybridized carbons (Fsp3) is 0.250. The maximum absolute atomic E-state index is 12.8. The summed E-state index contributed by atoms with van der Waals surface area (Å²) in [7, 11) is -1.12. The van der Waals surface area contributed by atoms with Gasteiger partial charge in [-0.15, -0.1) is 13.2 Å². The number of nitrogens with one attached hydrogen (secondary N) is 3. The summed E-state index contributed by atoms with van der Waals surface area (Å²) >= 11 is 0. The van der Waals surface area contributed by atoms with Crippen LogP contribution in [0.15, 0.2) is 63.3 Å². The molecule has 7 nitrogen and oxygen atoms in total. The lowest BCUT2D eigenvalue weighted by Gasteiger charge is -2.38. The van der Waals surface area contributed by atoms with Gasteiger partial charge >= 0.3 is 6.36 Å². The molecule has 1 unspecified atom stereocenters. The minimum atomic E-state index is -4.88. The van der Waals surface area contributed by atoms with E-state index < -0.39 is 28.2 Å². The zero-order valence-corrected chi connectivity index (χ0v) is 17.6. The quantitative estimate of drug-likeness (QED) is 0.622. The van der Waals surface area contributed by atoms with Gasteiger partial charge in [-0.1, -0.05) is 25.1 Å². The first-order valence-electron chi connectivity index (χ1n) is 9.31. The molecule has 3 N–H and O–H groups in total. The Morgan fingerprint density at radius 2 is 1.81 bits per heavy atom. The van der Waals surface area contributed by atoms with E-state index in [-0.39, 0.29) is 24.0 Å². The Kier molecular flexibility index (Phi) is 6.56. The Labute approximate surface area is 178 Å². The third-order valence-corrected chi connectivity index (χ3v) is 7.55. The number of nitrogens with zero attached hydrogens (tertiary/aromatic N) is 1. The van der Waals surface area contributed by atoms with Crippen LogP contribution >= 0.6 is 10.2 Å². The molecule has 1 heterocycles. The molecule has 1 atom stereocenters. The minimum absolute atomic E-state index is 0.0370. The van der Waals surface area contributed by atoms with Crippen molar-refractivity contribution in [3.05, 3.63) is 48.5 Å². The van der Waals surface area contributed by atoms with Crippen molar-refractivity contribution in [3.8, 4) is 5.75 Å². The van der Waals surface area contributed by atoms with Gasteiger partial charge in [0.2, 0.25) is 11.8 Å². The van der Waals surface area contributed by atoms with Crippen LogP contribution in [0.3, 0.4) is 0 Å². The van der Waals surface area contributed by atoms with E-state index in [1.54, 1.807) is 44.3 Å². The SMILES string of the molecule is CCC(=O)NC1=Nc2ccc(OC(F)(F)F)cc2S1(NC(=O)CNC)c1ccccc1. The number of ether oxygens (including phenoxy) is 1. The van der Waals surface area contributed by atoms with Gasteiger partial charge in [0.1, 0.15) is 5.75 Å². The highest BCUT2D eigenvalue weighted by atomic mass is 32.3. The molecule has 0 bridgehead atoms. The highest BCUT2D eigenvalue weighted by Gasteiger charge is 2.43. The maximum atomic E-state index is 12.8. The summed E-state index contributed by atoms with van der Waals surface area (Å²) in [6, 6.07) is 12.4. The van der Waals surface area contributed by atoms with Crippen molar-refractivity contribution in [1.82, 2.24) is 15.4 Å². The number of carbonyl (C=O) groups is 2. The van der Waals surface area contributed by atoms with Crippen molar-refractivity contribution in [1.29, 1.82) is 0 Å². The molecular weight excluding hydrogens is 433 g/mol. The van der Waals surface area contributed by atoms with Crippen LogP contribution in [0, 0.1) is 0 Å². The number of likely N-dealkylation sites (N-methyl/N-ethyl adjacent to an activating group) is 1. The summed E-state index contributed by atoms with van der Waals surface area (Å²) in [5.74, 6) is -1.19. The Bertz CT molecular complexity index is 1010. The normalized spacial score (nSPS) is 19.6. The van der Waals surface area contributed by atoms with Crippen molar-refractivity contribution in [2.45, 2.75) is 29.5 Å². The van der Waals surface area contributed by atoms with E-state index >= 15 is 0 Å². The van der Waals surface area contributed by atoms with Gasteiger partial charge in [-0.2, -0.15) is 0 Å². The number of fused-ring (bicyclic) bond motifs is 1. The Morgan fingerprint density at radius 1 is 1.10 bits per heavy atom. The molecule has 2 aromatic carbocycles. The third-order valence-electron chi connectivity index (χ3n) is 4.28. The fourth-order valence-electron chi connectivity index (χ4n) is 3.02. The van der Waals surface area contributed by atoms with E-state index in [1.807, 2.05) is 0 Å². The number of rotatable bonds is 6. The molecule has 0 saturated heterocycles. The molecule has 0 fully saturated rings. The van der Waals surface area contributed by atoms with Crippen molar-refractivity contribution >= 4 is 32.9 Å². The van der Waals surface area contributed by atoms with E-state index in [0.717, 1.165) is 6.07 Å². The van der Waals surface area contributed by atoms with Crippen LogP contribution in [0.5, 0.6) is 5.75 Å². The standard InChI is InChI=1S/C20H21F3N4O3S/c1-3-17(28)26-19-25-15-10-9-13(30-20(21,22)23)11-16(15)31(19,27-18(29)12-24-2)14-7-5-4-6-8-14/h4-11,24H,3,12H2,1-2H3,(H,27,29)(H,25,26,28). The number of aliphatic imine (C=N–C) groups is 1. The van der Waals surface area contributed by atoms with Gasteiger partial charge in [0.15, 0.2) is 5.17 Å². The average Bonchev–Trinajstić information content (AvgIpc) is 3.01. The number of alkyl halides is 3. The molecule has 0 saturated carbocycles. The van der Waals surface area contributed by atoms with Gasteiger partial charge in [0.25, 0.3) is 0 Å². The smallest absolute Gasteiger partial charge is 0.406 e. The summed E-state index contributed by atoms with van der Waals surface area (Å²) in [6.45, 7) is 1.62. The van der Waals surface area contributed by atoms with Gasteiger partial charge in [-0.3, -0.25) is 9.59 Å². The van der Waals surface area contributed by atoms with Crippen LogP contribution in [0.1, 0.15) is 13.3 Å². The highest BCUT2D eigenvalue weighted by molar-refractivity contribution is 8.44. The lowest BCUT2D eigenvalue weighted by molar-refractivity contribution is -0.274. The summed E-state index contributed by atoms with van der Waals surface area (Å²) in [5.41, 5.74) is 0.338. The van der Waals surface area contributed by atoms with Crippen molar-refractivity contribution < 1.29 is 27.5 Å². The van der Waals surface area contributed by atoms with E-state index in [1.165, 1.54) is 12.1 Å². The molecule has 1 aliphatic rings. The molecule has 0 aliphatic carbocycles. The number of hydrogen-bond acceptors (Lipinski definition) is 5. The first-order chi connectivity index (χ1) is 14.7. The molecule has 1 aliphatic heterocycles. The largest absolute Gasteiger partial charge is 0.573 e. The first kappa shape index (κ1) is 22.6.